The van der Waals surface area contributed by atoms with E-state index in [0.29, 0.717) is 51.8 Å². The molecule has 0 fully saturated rings. The van der Waals surface area contributed by atoms with E-state index in [1.165, 1.54) is 14.2 Å². The Kier molecular flexibility index (Phi) is 5.86. The van der Waals surface area contributed by atoms with Gasteiger partial charge in [-0.1, -0.05) is 23.2 Å². The summed E-state index contributed by atoms with van der Waals surface area (Å²) in [6.45, 7) is 0. The monoisotopic (exact) mass is 461 g/mol. The highest BCUT2D eigenvalue weighted by Crippen LogP contribution is 2.48. The van der Waals surface area contributed by atoms with Gasteiger partial charge in [0, 0.05) is 35.1 Å². The number of phenols is 1. The van der Waals surface area contributed by atoms with Crippen molar-refractivity contribution in [2.75, 3.05) is 19.1 Å². The van der Waals surface area contributed by atoms with Gasteiger partial charge in [-0.3, -0.25) is 14.5 Å². The van der Waals surface area contributed by atoms with Gasteiger partial charge < -0.3 is 14.6 Å². The standard InChI is InChI=1S/C23H21Cl2NO5/c1-30-19-8-12(9-20(31-2)23(19)29)14-11-21(28)26(16-7-6-13(24)10-15(16)25)17-4-3-5-18(27)22(14)17/h6-10,14,29H,3-5,11H2,1-2H3. The first-order valence-corrected chi connectivity index (χ1v) is 10.6. The van der Waals surface area contributed by atoms with Gasteiger partial charge in [0.15, 0.2) is 17.3 Å². The number of halogens is 2. The molecule has 0 saturated carbocycles. The lowest BCUT2D eigenvalue weighted by atomic mass is 9.77. The number of ketones is 1. The Bertz CT molecular complexity index is 1090. The fourth-order valence-electron chi connectivity index (χ4n) is 4.33. The number of methoxy groups -OCH3 is 2. The Morgan fingerprint density at radius 1 is 1.03 bits per heavy atom. The number of amides is 1. The van der Waals surface area contributed by atoms with Crippen molar-refractivity contribution >= 4 is 40.6 Å². The Morgan fingerprint density at radius 2 is 1.71 bits per heavy atom. The number of ether oxygens (including phenoxy) is 2. The van der Waals surface area contributed by atoms with Crippen molar-refractivity contribution in [3.05, 3.63) is 57.2 Å². The Balaban J connectivity index is 1.89. The zero-order valence-electron chi connectivity index (χ0n) is 17.1. The van der Waals surface area contributed by atoms with Crippen LogP contribution in [0.2, 0.25) is 10.0 Å². The highest BCUT2D eigenvalue weighted by molar-refractivity contribution is 6.37. The molecule has 2 aromatic rings. The minimum atomic E-state index is -0.471. The average molecular weight is 462 g/mol. The maximum atomic E-state index is 13.3. The first-order valence-electron chi connectivity index (χ1n) is 9.84. The topological polar surface area (TPSA) is 76.1 Å². The SMILES string of the molecule is COc1cc(C2CC(=O)N(c3ccc(Cl)cc3Cl)C3=C2C(=O)CCC3)cc(OC)c1O. The van der Waals surface area contributed by atoms with Crippen LogP contribution < -0.4 is 14.4 Å². The fourth-order valence-corrected chi connectivity index (χ4v) is 4.83. The molecule has 1 atom stereocenters. The van der Waals surface area contributed by atoms with Crippen molar-refractivity contribution in [2.45, 2.75) is 31.6 Å². The van der Waals surface area contributed by atoms with Gasteiger partial charge in [0.1, 0.15) is 0 Å². The number of benzene rings is 2. The zero-order chi connectivity index (χ0) is 22.3. The smallest absolute Gasteiger partial charge is 0.232 e. The maximum Gasteiger partial charge on any atom is 0.232 e. The van der Waals surface area contributed by atoms with Crippen molar-refractivity contribution in [3.8, 4) is 17.2 Å². The molecule has 0 spiro atoms. The molecule has 1 amide bonds. The molecule has 1 aliphatic heterocycles. The summed E-state index contributed by atoms with van der Waals surface area (Å²) in [7, 11) is 2.87. The minimum absolute atomic E-state index is 0.000144. The molecular weight excluding hydrogens is 441 g/mol. The molecule has 1 aliphatic carbocycles. The fraction of sp³-hybridized carbons (Fsp3) is 0.304. The van der Waals surface area contributed by atoms with Gasteiger partial charge in [-0.05, 0) is 48.7 Å². The number of nitrogens with zero attached hydrogens (tertiary/aromatic N) is 1. The molecule has 8 heteroatoms. The highest BCUT2D eigenvalue weighted by atomic mass is 35.5. The first kappa shape index (κ1) is 21.5. The van der Waals surface area contributed by atoms with Crippen molar-refractivity contribution in [1.29, 1.82) is 0 Å². The molecule has 4 rings (SSSR count). The number of rotatable bonds is 4. The van der Waals surface area contributed by atoms with Gasteiger partial charge in [0.2, 0.25) is 11.7 Å². The van der Waals surface area contributed by atoms with Gasteiger partial charge in [0.25, 0.3) is 0 Å². The molecular formula is C23H21Cl2NO5. The van der Waals surface area contributed by atoms with Gasteiger partial charge in [-0.15, -0.1) is 0 Å². The van der Waals surface area contributed by atoms with Crippen molar-refractivity contribution in [1.82, 2.24) is 0 Å². The first-order chi connectivity index (χ1) is 14.8. The zero-order valence-corrected chi connectivity index (χ0v) is 18.6. The highest BCUT2D eigenvalue weighted by Gasteiger charge is 2.40. The summed E-state index contributed by atoms with van der Waals surface area (Å²) in [5, 5.41) is 11.1. The number of carbonyl (C=O) groups excluding carboxylic acids is 2. The average Bonchev–Trinajstić information content (AvgIpc) is 2.74. The van der Waals surface area contributed by atoms with E-state index < -0.39 is 5.92 Å². The van der Waals surface area contributed by atoms with Crippen LogP contribution >= 0.6 is 23.2 Å². The molecule has 2 aliphatic rings. The van der Waals surface area contributed by atoms with Crippen LogP contribution in [-0.2, 0) is 9.59 Å². The molecule has 31 heavy (non-hydrogen) atoms. The second-order valence-electron chi connectivity index (χ2n) is 7.49. The normalized spacial score (nSPS) is 18.8. The Labute approximate surface area is 190 Å². The quantitative estimate of drug-likeness (QED) is 0.673. The lowest BCUT2D eigenvalue weighted by Gasteiger charge is -2.38. The van der Waals surface area contributed by atoms with Crippen LogP contribution in [0.3, 0.4) is 0 Å². The molecule has 162 valence electrons. The van der Waals surface area contributed by atoms with Crippen LogP contribution in [0.4, 0.5) is 5.69 Å². The predicted molar refractivity (Wildman–Crippen MR) is 118 cm³/mol. The molecule has 6 nitrogen and oxygen atoms in total. The molecule has 1 heterocycles. The van der Waals surface area contributed by atoms with E-state index in [1.807, 2.05) is 0 Å². The largest absolute Gasteiger partial charge is 0.502 e. The van der Waals surface area contributed by atoms with Crippen molar-refractivity contribution in [3.63, 3.8) is 0 Å². The molecule has 0 bridgehead atoms. The minimum Gasteiger partial charge on any atom is -0.502 e. The third kappa shape index (κ3) is 3.75. The number of anilines is 1. The van der Waals surface area contributed by atoms with Crippen molar-refractivity contribution < 1.29 is 24.2 Å². The summed E-state index contributed by atoms with van der Waals surface area (Å²) in [4.78, 5) is 27.9. The predicted octanol–water partition coefficient (Wildman–Crippen LogP) is 5.24. The van der Waals surface area contributed by atoms with E-state index in [2.05, 4.69) is 0 Å². The van der Waals surface area contributed by atoms with Gasteiger partial charge in [-0.25, -0.2) is 0 Å². The number of aromatic hydroxyl groups is 1. The van der Waals surface area contributed by atoms with Gasteiger partial charge >= 0.3 is 0 Å². The third-order valence-corrected chi connectivity index (χ3v) is 6.27. The van der Waals surface area contributed by atoms with Crippen LogP contribution in [-0.4, -0.2) is 31.0 Å². The number of hydrogen-bond donors (Lipinski definition) is 1. The summed E-state index contributed by atoms with van der Waals surface area (Å²) in [6, 6.07) is 8.24. The summed E-state index contributed by atoms with van der Waals surface area (Å²) < 4.78 is 10.5. The lowest BCUT2D eigenvalue weighted by molar-refractivity contribution is -0.119. The number of allylic oxidation sites excluding steroid dienone is 2. The summed E-state index contributed by atoms with van der Waals surface area (Å²) in [5.41, 5.74) is 2.43. The van der Waals surface area contributed by atoms with E-state index >= 15 is 0 Å². The molecule has 1 N–H and O–H groups in total. The number of carbonyl (C=O) groups is 2. The number of hydrogen-bond acceptors (Lipinski definition) is 5. The van der Waals surface area contributed by atoms with Crippen LogP contribution in [0.15, 0.2) is 41.6 Å². The molecule has 0 radical (unpaired) electrons. The van der Waals surface area contributed by atoms with E-state index in [-0.39, 0.29) is 35.4 Å². The Hall–Kier alpha value is -2.70. The van der Waals surface area contributed by atoms with E-state index in [0.717, 1.165) is 0 Å². The second kappa shape index (κ2) is 8.44. The summed E-state index contributed by atoms with van der Waals surface area (Å²) in [6.07, 6.45) is 1.72. The van der Waals surface area contributed by atoms with E-state index in [9.17, 15) is 14.7 Å². The van der Waals surface area contributed by atoms with Crippen molar-refractivity contribution in [2.24, 2.45) is 0 Å². The lowest BCUT2D eigenvalue weighted by Crippen LogP contribution is -2.40. The summed E-state index contributed by atoms with van der Waals surface area (Å²) in [5.74, 6) is -0.338. The molecule has 0 saturated heterocycles. The summed E-state index contributed by atoms with van der Waals surface area (Å²) >= 11 is 12.4. The third-order valence-electron chi connectivity index (χ3n) is 5.73. The van der Waals surface area contributed by atoms with Crippen LogP contribution in [0.5, 0.6) is 17.2 Å². The van der Waals surface area contributed by atoms with Crippen LogP contribution in [0.1, 0.15) is 37.2 Å². The number of Topliss-reactive ketones (excluding diaryl/α,β-unsaturated/α-hetero) is 1. The van der Waals surface area contributed by atoms with Crippen LogP contribution in [0.25, 0.3) is 0 Å². The maximum absolute atomic E-state index is 13.3. The molecule has 2 aromatic carbocycles. The van der Waals surface area contributed by atoms with Crippen LogP contribution in [0, 0.1) is 0 Å². The molecule has 0 aromatic heterocycles. The number of phenolic OH excluding ortho intramolecular Hbond substituents is 1. The Morgan fingerprint density at radius 3 is 2.32 bits per heavy atom. The van der Waals surface area contributed by atoms with Gasteiger partial charge in [0.05, 0.1) is 24.9 Å². The van der Waals surface area contributed by atoms with E-state index in [1.54, 1.807) is 35.2 Å². The van der Waals surface area contributed by atoms with Gasteiger partial charge in [-0.2, -0.15) is 0 Å². The molecule has 1 unspecified atom stereocenters. The second-order valence-corrected chi connectivity index (χ2v) is 8.34. The van der Waals surface area contributed by atoms with E-state index in [4.69, 9.17) is 32.7 Å².